The molecule has 0 unspecified atom stereocenters. The summed E-state index contributed by atoms with van der Waals surface area (Å²) in [4.78, 5) is 22.6. The van der Waals surface area contributed by atoms with E-state index in [1.54, 1.807) is 0 Å². The minimum atomic E-state index is -1.35. The molecule has 0 radical (unpaired) electrons. The lowest BCUT2D eigenvalue weighted by Crippen LogP contribution is -2.37. The van der Waals surface area contributed by atoms with E-state index < -0.39 is 19.0 Å². The van der Waals surface area contributed by atoms with Crippen molar-refractivity contribution >= 4 is 19.0 Å². The molecule has 1 aliphatic rings. The first kappa shape index (κ1) is 12.4. The molecule has 1 rings (SSSR count). The Morgan fingerprint density at radius 2 is 2.25 bits per heavy atom. The van der Waals surface area contributed by atoms with Gasteiger partial charge < -0.3 is 14.0 Å². The fraction of sp³-hybridized carbons (Fsp3) is 0.400. The zero-order chi connectivity index (χ0) is 12.0. The van der Waals surface area contributed by atoms with Gasteiger partial charge in [-0.15, -0.1) is 0 Å². The SMILES string of the molecule is C=CCOC(=O)B1OC(=C)CCCC(=O)O1. The van der Waals surface area contributed by atoms with Gasteiger partial charge in [0.25, 0.3) is 5.97 Å². The molecule has 0 bridgehead atoms. The van der Waals surface area contributed by atoms with E-state index in [0.717, 1.165) is 0 Å². The van der Waals surface area contributed by atoms with Crippen molar-refractivity contribution in [3.05, 3.63) is 25.0 Å². The van der Waals surface area contributed by atoms with E-state index in [2.05, 4.69) is 13.2 Å². The summed E-state index contributed by atoms with van der Waals surface area (Å²) in [7, 11) is -1.35. The third-order valence-electron chi connectivity index (χ3n) is 1.88. The summed E-state index contributed by atoms with van der Waals surface area (Å²) in [6, 6.07) is 0. The molecule has 0 aromatic heterocycles. The van der Waals surface area contributed by atoms with Crippen LogP contribution in [0.3, 0.4) is 0 Å². The summed E-state index contributed by atoms with van der Waals surface area (Å²) < 4.78 is 14.6. The third-order valence-corrected chi connectivity index (χ3v) is 1.88. The maximum Gasteiger partial charge on any atom is 0.718 e. The zero-order valence-electron chi connectivity index (χ0n) is 8.94. The van der Waals surface area contributed by atoms with Crippen molar-refractivity contribution in [3.63, 3.8) is 0 Å². The maximum atomic E-state index is 11.4. The Morgan fingerprint density at radius 1 is 1.50 bits per heavy atom. The van der Waals surface area contributed by atoms with Gasteiger partial charge in [-0.3, -0.25) is 9.59 Å². The summed E-state index contributed by atoms with van der Waals surface area (Å²) in [5.74, 6) is -0.822. The Kier molecular flexibility index (Phi) is 4.63. The molecular formula is C10H13BO5. The molecule has 0 aromatic rings. The predicted octanol–water partition coefficient (Wildman–Crippen LogP) is 1.64. The van der Waals surface area contributed by atoms with Crippen LogP contribution in [0.15, 0.2) is 25.0 Å². The Morgan fingerprint density at radius 3 is 2.94 bits per heavy atom. The van der Waals surface area contributed by atoms with Crippen LogP contribution in [0, 0.1) is 0 Å². The van der Waals surface area contributed by atoms with Crippen LogP contribution < -0.4 is 0 Å². The molecular weight excluding hydrogens is 211 g/mol. The van der Waals surface area contributed by atoms with Crippen LogP contribution >= 0.6 is 0 Å². The zero-order valence-corrected chi connectivity index (χ0v) is 8.94. The first-order valence-electron chi connectivity index (χ1n) is 4.95. The van der Waals surface area contributed by atoms with E-state index in [0.29, 0.717) is 18.6 Å². The number of allylic oxidation sites excluding steroid dienone is 1. The summed E-state index contributed by atoms with van der Waals surface area (Å²) in [5.41, 5.74) is 0. The van der Waals surface area contributed by atoms with Crippen molar-refractivity contribution in [2.24, 2.45) is 0 Å². The second-order valence-electron chi connectivity index (χ2n) is 3.25. The second-order valence-corrected chi connectivity index (χ2v) is 3.25. The highest BCUT2D eigenvalue weighted by Gasteiger charge is 2.38. The third kappa shape index (κ3) is 3.80. The van der Waals surface area contributed by atoms with Gasteiger partial charge in [0, 0.05) is 12.8 Å². The van der Waals surface area contributed by atoms with Gasteiger partial charge in [-0.2, -0.15) is 0 Å². The second kappa shape index (κ2) is 6.00. The van der Waals surface area contributed by atoms with Crippen LogP contribution in [0.5, 0.6) is 0 Å². The highest BCUT2D eigenvalue weighted by Crippen LogP contribution is 2.14. The van der Waals surface area contributed by atoms with E-state index in [1.165, 1.54) is 6.08 Å². The Labute approximate surface area is 94.2 Å². The smallest absolute Gasteiger partial charge is 0.522 e. The van der Waals surface area contributed by atoms with Crippen LogP contribution in [0.25, 0.3) is 0 Å². The van der Waals surface area contributed by atoms with Crippen molar-refractivity contribution in [2.45, 2.75) is 19.3 Å². The fourth-order valence-electron chi connectivity index (χ4n) is 1.15. The highest BCUT2D eigenvalue weighted by atomic mass is 16.6. The first-order chi connectivity index (χ1) is 7.63. The van der Waals surface area contributed by atoms with Crippen molar-refractivity contribution < 1.29 is 23.6 Å². The van der Waals surface area contributed by atoms with E-state index in [-0.39, 0.29) is 13.0 Å². The van der Waals surface area contributed by atoms with E-state index in [9.17, 15) is 9.59 Å². The quantitative estimate of drug-likeness (QED) is 0.538. The topological polar surface area (TPSA) is 61.8 Å². The Balaban J connectivity index is 2.58. The lowest BCUT2D eigenvalue weighted by molar-refractivity contribution is -0.136. The van der Waals surface area contributed by atoms with Crippen LogP contribution in [0.1, 0.15) is 19.3 Å². The number of hydrogen-bond donors (Lipinski definition) is 0. The molecule has 1 saturated heterocycles. The summed E-state index contributed by atoms with van der Waals surface area (Å²) in [5, 5.41) is 0. The lowest BCUT2D eigenvalue weighted by Gasteiger charge is -2.18. The molecule has 1 aliphatic heterocycles. The largest absolute Gasteiger partial charge is 0.718 e. The van der Waals surface area contributed by atoms with Gasteiger partial charge in [0.15, 0.2) is 0 Å². The van der Waals surface area contributed by atoms with Crippen LogP contribution in [0.2, 0.25) is 0 Å². The molecule has 5 nitrogen and oxygen atoms in total. The minimum Gasteiger partial charge on any atom is -0.522 e. The fourth-order valence-corrected chi connectivity index (χ4v) is 1.15. The van der Waals surface area contributed by atoms with Gasteiger partial charge >= 0.3 is 13.0 Å². The van der Waals surface area contributed by atoms with Gasteiger partial charge in [-0.05, 0) is 6.42 Å². The van der Waals surface area contributed by atoms with Crippen molar-refractivity contribution in [2.75, 3.05) is 6.61 Å². The monoisotopic (exact) mass is 224 g/mol. The molecule has 1 heterocycles. The van der Waals surface area contributed by atoms with Crippen LogP contribution in [-0.4, -0.2) is 25.6 Å². The average Bonchev–Trinajstić information content (AvgIpc) is 2.22. The molecule has 86 valence electrons. The molecule has 1 fully saturated rings. The lowest BCUT2D eigenvalue weighted by atomic mass is 9.89. The first-order valence-corrected chi connectivity index (χ1v) is 4.95. The Bertz CT molecular complexity index is 294. The van der Waals surface area contributed by atoms with Crippen molar-refractivity contribution in [1.82, 2.24) is 0 Å². The van der Waals surface area contributed by atoms with Crippen molar-refractivity contribution in [3.8, 4) is 0 Å². The van der Waals surface area contributed by atoms with E-state index in [4.69, 9.17) is 14.0 Å². The molecule has 0 aliphatic carbocycles. The minimum absolute atomic E-state index is 0.0444. The number of hydrogen-bond acceptors (Lipinski definition) is 5. The van der Waals surface area contributed by atoms with Gasteiger partial charge in [0.2, 0.25) is 0 Å². The molecule has 0 spiro atoms. The van der Waals surface area contributed by atoms with Gasteiger partial charge in [0.05, 0.1) is 5.76 Å². The molecule has 16 heavy (non-hydrogen) atoms. The number of rotatable bonds is 3. The number of carbonyl (C=O) groups is 2. The van der Waals surface area contributed by atoms with E-state index >= 15 is 0 Å². The summed E-state index contributed by atoms with van der Waals surface area (Å²) >= 11 is 0. The normalized spacial score (nSPS) is 16.6. The standard InChI is InChI=1S/C10H13BO5/c1-3-7-14-10(13)11-15-8(2)5-4-6-9(12)16-11/h3H,1-2,4-7H2. The van der Waals surface area contributed by atoms with Crippen molar-refractivity contribution in [1.29, 1.82) is 0 Å². The highest BCUT2D eigenvalue weighted by molar-refractivity contribution is 6.80. The molecule has 0 N–H and O–H groups in total. The maximum absolute atomic E-state index is 11.4. The van der Waals surface area contributed by atoms with Gasteiger partial charge in [-0.1, -0.05) is 19.2 Å². The van der Waals surface area contributed by atoms with E-state index in [1.807, 2.05) is 0 Å². The predicted molar refractivity (Wildman–Crippen MR) is 57.5 cm³/mol. The Hall–Kier alpha value is -1.72. The summed E-state index contributed by atoms with van der Waals surface area (Å²) in [6.45, 7) is 7.05. The van der Waals surface area contributed by atoms with Crippen LogP contribution in [0.4, 0.5) is 4.79 Å². The van der Waals surface area contributed by atoms with Gasteiger partial charge in [-0.25, -0.2) is 0 Å². The average molecular weight is 224 g/mol. The molecule has 0 amide bonds. The number of carbonyl (C=O) groups excluding carboxylic acids is 2. The molecule has 0 atom stereocenters. The summed E-state index contributed by atoms with van der Waals surface area (Å²) in [6.07, 6.45) is 2.79. The van der Waals surface area contributed by atoms with Gasteiger partial charge in [0.1, 0.15) is 6.61 Å². The molecule has 6 heteroatoms. The molecule has 0 aromatic carbocycles. The van der Waals surface area contributed by atoms with Crippen LogP contribution in [-0.2, 0) is 18.8 Å². The molecule has 0 saturated carbocycles. The number of ether oxygens (including phenoxy) is 1.